The lowest BCUT2D eigenvalue weighted by molar-refractivity contribution is -0.157. The summed E-state index contributed by atoms with van der Waals surface area (Å²) in [5, 5.41) is 22.0. The zero-order valence-corrected chi connectivity index (χ0v) is 26.3. The van der Waals surface area contributed by atoms with Crippen LogP contribution < -0.4 is 10.2 Å². The zero-order valence-electron chi connectivity index (χ0n) is 26.3. The van der Waals surface area contributed by atoms with Crippen molar-refractivity contribution in [2.75, 3.05) is 31.5 Å². The molecule has 15 heteroatoms. The Bertz CT molecular complexity index is 2110. The van der Waals surface area contributed by atoms with E-state index in [-0.39, 0.29) is 34.2 Å². The molecular formula is C33H27N7O8. The molecule has 1 amide bonds. The number of methoxy groups -OCH3 is 3. The second kappa shape index (κ2) is 11.7. The van der Waals surface area contributed by atoms with Crippen LogP contribution in [0.4, 0.5) is 11.6 Å². The van der Waals surface area contributed by atoms with Crippen LogP contribution >= 0.6 is 0 Å². The zero-order chi connectivity index (χ0) is 34.5. The summed E-state index contributed by atoms with van der Waals surface area (Å²) in [5.74, 6) is -8.15. The van der Waals surface area contributed by atoms with E-state index in [0.29, 0.717) is 11.4 Å². The summed E-state index contributed by atoms with van der Waals surface area (Å²) >= 11 is 0. The number of amides is 1. The lowest BCUT2D eigenvalue weighted by atomic mass is 9.71. The van der Waals surface area contributed by atoms with Gasteiger partial charge in [0.1, 0.15) is 22.9 Å². The van der Waals surface area contributed by atoms with Gasteiger partial charge in [-0.3, -0.25) is 19.3 Å². The summed E-state index contributed by atoms with van der Waals surface area (Å²) in [7, 11) is 2.99. The maximum absolute atomic E-state index is 14.9. The molecule has 0 bridgehead atoms. The number of benzene rings is 2. The van der Waals surface area contributed by atoms with E-state index in [0.717, 1.165) is 26.2 Å². The Morgan fingerprint density at radius 2 is 1.44 bits per heavy atom. The topological polar surface area (TPSA) is 188 Å². The molecule has 242 valence electrons. The van der Waals surface area contributed by atoms with Crippen LogP contribution in [0.15, 0.2) is 71.9 Å². The van der Waals surface area contributed by atoms with Crippen molar-refractivity contribution in [3.8, 4) is 17.4 Å². The molecule has 6 rings (SSSR count). The minimum absolute atomic E-state index is 0.00631. The number of anilines is 2. The van der Waals surface area contributed by atoms with E-state index < -0.39 is 52.3 Å². The van der Waals surface area contributed by atoms with Crippen LogP contribution in [-0.2, 0) is 33.4 Å². The van der Waals surface area contributed by atoms with Crippen LogP contribution in [0.25, 0.3) is 11.4 Å². The molecule has 2 aromatic heterocycles. The molecule has 2 atom stereocenters. The number of hydrogen-bond acceptors (Lipinski definition) is 12. The van der Waals surface area contributed by atoms with E-state index in [4.69, 9.17) is 14.2 Å². The van der Waals surface area contributed by atoms with Gasteiger partial charge in [-0.2, -0.15) is 15.5 Å². The molecule has 0 radical (unpaired) electrons. The van der Waals surface area contributed by atoms with E-state index in [1.54, 1.807) is 67.6 Å². The fourth-order valence-corrected chi connectivity index (χ4v) is 6.30. The monoisotopic (exact) mass is 649 g/mol. The molecule has 4 aromatic rings. The summed E-state index contributed by atoms with van der Waals surface area (Å²) in [6.07, 6.45) is 0. The van der Waals surface area contributed by atoms with Gasteiger partial charge in [-0.05, 0) is 38.1 Å². The molecule has 0 saturated carbocycles. The number of fused-ring (bicyclic) bond motifs is 3. The highest BCUT2D eigenvalue weighted by Crippen LogP contribution is 2.52. The Morgan fingerprint density at radius 3 is 1.98 bits per heavy atom. The van der Waals surface area contributed by atoms with Gasteiger partial charge in [0, 0.05) is 0 Å². The number of rotatable bonds is 7. The quantitative estimate of drug-likeness (QED) is 0.175. The average Bonchev–Trinajstić information content (AvgIpc) is 3.71. The molecule has 0 aliphatic carbocycles. The first-order valence-electron chi connectivity index (χ1n) is 14.4. The van der Waals surface area contributed by atoms with Gasteiger partial charge in [0.2, 0.25) is 5.54 Å². The Morgan fingerprint density at radius 1 is 0.854 bits per heavy atom. The van der Waals surface area contributed by atoms with E-state index in [1.807, 2.05) is 0 Å². The smallest absolute Gasteiger partial charge is 0.339 e. The van der Waals surface area contributed by atoms with Crippen molar-refractivity contribution < 1.29 is 38.2 Å². The van der Waals surface area contributed by atoms with E-state index >= 15 is 0 Å². The van der Waals surface area contributed by atoms with Gasteiger partial charge in [-0.15, -0.1) is 0 Å². The third-order valence-electron chi connectivity index (χ3n) is 8.32. The molecule has 2 unspecified atom stereocenters. The number of Topliss-reactive ketones (excluding diaryl/α,β-unsaturated/α-hetero) is 1. The van der Waals surface area contributed by atoms with Gasteiger partial charge in [-0.25, -0.2) is 19.0 Å². The molecular weight excluding hydrogens is 622 g/mol. The number of ketones is 1. The third-order valence-corrected chi connectivity index (χ3v) is 8.32. The summed E-state index contributed by atoms with van der Waals surface area (Å²) in [5.41, 5.74) is -2.95. The number of carbonyl (C=O) groups is 5. The Labute approximate surface area is 272 Å². The first-order chi connectivity index (χ1) is 23.1. The van der Waals surface area contributed by atoms with Crippen molar-refractivity contribution in [2.45, 2.75) is 19.4 Å². The molecule has 2 aromatic carbocycles. The number of nitrogens with one attached hydrogen (secondary N) is 1. The molecule has 15 nitrogen and oxygen atoms in total. The van der Waals surface area contributed by atoms with E-state index in [9.17, 15) is 29.2 Å². The summed E-state index contributed by atoms with van der Waals surface area (Å²) in [6.45, 7) is 3.08. The van der Waals surface area contributed by atoms with Gasteiger partial charge in [0.05, 0.1) is 49.7 Å². The number of ether oxygens (including phenoxy) is 3. The molecule has 1 N–H and O–H groups in total. The first-order valence-corrected chi connectivity index (χ1v) is 14.4. The highest BCUT2D eigenvalue weighted by molar-refractivity contribution is 6.32. The molecule has 2 aliphatic rings. The Hall–Kier alpha value is -6.56. The van der Waals surface area contributed by atoms with Gasteiger partial charge in [0.15, 0.2) is 23.3 Å². The number of hydrogen-bond donors (Lipinski definition) is 1. The number of para-hydroxylation sites is 2. The second-order valence-corrected chi connectivity index (χ2v) is 10.8. The van der Waals surface area contributed by atoms with Crippen LogP contribution in [0.2, 0.25) is 0 Å². The number of nitrogens with zero attached hydrogens (tertiary/aromatic N) is 6. The minimum Gasteiger partial charge on any atom is -0.468 e. The second-order valence-electron chi connectivity index (χ2n) is 10.8. The highest BCUT2D eigenvalue weighted by atomic mass is 16.5. The van der Waals surface area contributed by atoms with Crippen LogP contribution in [0.1, 0.15) is 27.3 Å². The lowest BCUT2D eigenvalue weighted by Crippen LogP contribution is -2.67. The summed E-state index contributed by atoms with van der Waals surface area (Å²) in [6, 6.07) is 19.1. The van der Waals surface area contributed by atoms with Crippen molar-refractivity contribution >= 4 is 41.2 Å². The molecule has 4 heterocycles. The number of aryl methyl sites for hydroxylation is 2. The van der Waals surface area contributed by atoms with Crippen molar-refractivity contribution in [1.82, 2.24) is 19.6 Å². The van der Waals surface area contributed by atoms with Crippen LogP contribution in [0.3, 0.4) is 0 Å². The summed E-state index contributed by atoms with van der Waals surface area (Å²) < 4.78 is 17.9. The number of esters is 3. The van der Waals surface area contributed by atoms with Crippen molar-refractivity contribution in [1.29, 1.82) is 5.26 Å². The van der Waals surface area contributed by atoms with Crippen molar-refractivity contribution in [2.24, 2.45) is 5.92 Å². The molecule has 2 aliphatic heterocycles. The minimum atomic E-state index is -2.78. The van der Waals surface area contributed by atoms with Gasteiger partial charge >= 0.3 is 17.9 Å². The number of nitriles is 1. The SMILES string of the molecule is COC(=O)C1=C(Nc2c(C#N)c(C)nn2-c2ccccc2)C(=O)N2c3c(c(C)nn3-c3ccccc3)C(=O)C(C(=O)OC)C12C(=O)OC. The standard InChI is InChI=1S/C33H27N7O8/c1-17-21(16-34)27(39(36-17)19-12-8-6-9-13-19)35-25-23(30(43)46-3)33(32(45)48-5)24(31(44)47-4)26(41)22-18(2)37-40(20-14-10-7-11-15-20)28(22)38(33)29(25)42/h6-15,24,35H,1-5H3. The third kappa shape index (κ3) is 4.23. The predicted octanol–water partition coefficient (Wildman–Crippen LogP) is 2.33. The maximum Gasteiger partial charge on any atom is 0.339 e. The largest absolute Gasteiger partial charge is 0.468 e. The first kappa shape index (κ1) is 31.4. The normalized spacial score (nSPS) is 18.2. The number of carbonyl (C=O) groups excluding carboxylic acids is 5. The average molecular weight is 650 g/mol. The molecule has 48 heavy (non-hydrogen) atoms. The van der Waals surface area contributed by atoms with Gasteiger partial charge in [-0.1, -0.05) is 36.4 Å². The molecule has 0 saturated heterocycles. The van der Waals surface area contributed by atoms with E-state index in [1.165, 1.54) is 16.3 Å². The molecule has 0 fully saturated rings. The van der Waals surface area contributed by atoms with Crippen LogP contribution in [-0.4, -0.2) is 76.0 Å². The fraction of sp³-hybridized carbons (Fsp3) is 0.212. The van der Waals surface area contributed by atoms with Crippen LogP contribution in [0, 0.1) is 31.1 Å². The fourth-order valence-electron chi connectivity index (χ4n) is 6.30. The van der Waals surface area contributed by atoms with Crippen molar-refractivity contribution in [3.63, 3.8) is 0 Å². The number of aromatic nitrogens is 4. The predicted molar refractivity (Wildman–Crippen MR) is 166 cm³/mol. The summed E-state index contributed by atoms with van der Waals surface area (Å²) in [4.78, 5) is 72.1. The maximum atomic E-state index is 14.9. The van der Waals surface area contributed by atoms with Crippen molar-refractivity contribution in [3.05, 3.63) is 94.4 Å². The van der Waals surface area contributed by atoms with Gasteiger partial charge < -0.3 is 19.5 Å². The lowest BCUT2D eigenvalue weighted by Gasteiger charge is -2.43. The Kier molecular flexibility index (Phi) is 7.64. The van der Waals surface area contributed by atoms with Crippen LogP contribution in [0.5, 0.6) is 0 Å². The molecule has 0 spiro atoms. The van der Waals surface area contributed by atoms with E-state index in [2.05, 4.69) is 21.6 Å². The Balaban J connectivity index is 1.73. The van der Waals surface area contributed by atoms with Gasteiger partial charge in [0.25, 0.3) is 5.91 Å². The highest BCUT2D eigenvalue weighted by Gasteiger charge is 2.73.